The van der Waals surface area contributed by atoms with Gasteiger partial charge in [-0.05, 0) is 31.9 Å². The number of carbonyl (C=O) groups is 1. The molecule has 0 spiro atoms. The van der Waals surface area contributed by atoms with Crippen LogP contribution in [0.5, 0.6) is 0 Å². The summed E-state index contributed by atoms with van der Waals surface area (Å²) in [4.78, 5) is 13.7. The standard InChI is InChI=1S/C16H24FN3O3S.ClH/c1-12(11-18)19(2)16(21)13-7-9-20(10-8-13)24(22,23)15-6-4-3-5-14(15)17;/h3-6,12-13H,7-11,18H2,1-2H3;1H. The van der Waals surface area contributed by atoms with Crippen LogP contribution >= 0.6 is 12.4 Å². The van der Waals surface area contributed by atoms with Gasteiger partial charge >= 0.3 is 0 Å². The fraction of sp³-hybridized carbons (Fsp3) is 0.562. The van der Waals surface area contributed by atoms with Crippen LogP contribution in [0.4, 0.5) is 4.39 Å². The van der Waals surface area contributed by atoms with Crippen LogP contribution in [0.2, 0.25) is 0 Å². The van der Waals surface area contributed by atoms with E-state index >= 15 is 0 Å². The maximum absolute atomic E-state index is 13.8. The van der Waals surface area contributed by atoms with Crippen LogP contribution in [0.15, 0.2) is 29.2 Å². The first kappa shape index (κ1) is 21.8. The lowest BCUT2D eigenvalue weighted by Gasteiger charge is -2.34. The van der Waals surface area contributed by atoms with Gasteiger partial charge in [-0.25, -0.2) is 12.8 Å². The second-order valence-corrected chi connectivity index (χ2v) is 8.05. The topological polar surface area (TPSA) is 83.7 Å². The Hall–Kier alpha value is -1.22. The van der Waals surface area contributed by atoms with Gasteiger partial charge < -0.3 is 10.6 Å². The van der Waals surface area contributed by atoms with E-state index in [0.29, 0.717) is 19.4 Å². The number of hydrogen-bond acceptors (Lipinski definition) is 4. The molecule has 25 heavy (non-hydrogen) atoms. The lowest BCUT2D eigenvalue weighted by Crippen LogP contribution is -2.47. The summed E-state index contributed by atoms with van der Waals surface area (Å²) in [5.41, 5.74) is 5.58. The minimum absolute atomic E-state index is 0. The molecule has 1 heterocycles. The summed E-state index contributed by atoms with van der Waals surface area (Å²) >= 11 is 0. The van der Waals surface area contributed by atoms with Crippen molar-refractivity contribution < 1.29 is 17.6 Å². The molecule has 2 rings (SSSR count). The second-order valence-electron chi connectivity index (χ2n) is 6.14. The summed E-state index contributed by atoms with van der Waals surface area (Å²) in [5.74, 6) is -1.00. The van der Waals surface area contributed by atoms with Crippen LogP contribution < -0.4 is 5.73 Å². The molecule has 1 aliphatic heterocycles. The molecule has 1 fully saturated rings. The van der Waals surface area contributed by atoms with Crippen molar-refractivity contribution in [3.05, 3.63) is 30.1 Å². The highest BCUT2D eigenvalue weighted by molar-refractivity contribution is 7.89. The molecule has 1 saturated heterocycles. The molecule has 0 radical (unpaired) electrons. The number of sulfonamides is 1. The maximum Gasteiger partial charge on any atom is 0.245 e. The van der Waals surface area contributed by atoms with Crippen molar-refractivity contribution in [2.75, 3.05) is 26.7 Å². The molecule has 1 aromatic carbocycles. The van der Waals surface area contributed by atoms with Crippen LogP contribution in [0, 0.1) is 11.7 Å². The molecule has 142 valence electrons. The van der Waals surface area contributed by atoms with E-state index in [2.05, 4.69) is 0 Å². The summed E-state index contributed by atoms with van der Waals surface area (Å²) in [6.07, 6.45) is 0.849. The van der Waals surface area contributed by atoms with Gasteiger partial charge in [-0.15, -0.1) is 12.4 Å². The summed E-state index contributed by atoms with van der Waals surface area (Å²) in [6.45, 7) is 2.66. The van der Waals surface area contributed by atoms with Crippen molar-refractivity contribution in [1.29, 1.82) is 0 Å². The van der Waals surface area contributed by atoms with Gasteiger partial charge in [0.2, 0.25) is 15.9 Å². The zero-order valence-electron chi connectivity index (χ0n) is 14.4. The maximum atomic E-state index is 13.8. The zero-order valence-corrected chi connectivity index (χ0v) is 16.0. The normalized spacial score (nSPS) is 17.6. The van der Waals surface area contributed by atoms with E-state index in [1.54, 1.807) is 11.9 Å². The molecular formula is C16H25ClFN3O3S. The largest absolute Gasteiger partial charge is 0.342 e. The first-order valence-electron chi connectivity index (χ1n) is 8.00. The summed E-state index contributed by atoms with van der Waals surface area (Å²) < 4.78 is 40.1. The Morgan fingerprint density at radius 2 is 1.92 bits per heavy atom. The Morgan fingerprint density at radius 1 is 1.36 bits per heavy atom. The van der Waals surface area contributed by atoms with Crippen LogP contribution in [-0.2, 0) is 14.8 Å². The monoisotopic (exact) mass is 393 g/mol. The number of hydrogen-bond donors (Lipinski definition) is 1. The molecule has 0 saturated carbocycles. The van der Waals surface area contributed by atoms with Gasteiger partial charge in [0.1, 0.15) is 10.7 Å². The lowest BCUT2D eigenvalue weighted by atomic mass is 9.96. The van der Waals surface area contributed by atoms with Crippen molar-refractivity contribution in [3.8, 4) is 0 Å². The average molecular weight is 394 g/mol. The van der Waals surface area contributed by atoms with Gasteiger partial charge in [0.25, 0.3) is 0 Å². The minimum Gasteiger partial charge on any atom is -0.342 e. The van der Waals surface area contributed by atoms with Gasteiger partial charge in [-0.3, -0.25) is 4.79 Å². The SMILES string of the molecule is CC(CN)N(C)C(=O)C1CCN(S(=O)(=O)c2ccccc2F)CC1.Cl. The molecule has 1 aromatic rings. The van der Waals surface area contributed by atoms with Crippen molar-refractivity contribution in [3.63, 3.8) is 0 Å². The molecule has 1 unspecified atom stereocenters. The molecule has 6 nitrogen and oxygen atoms in total. The Balaban J connectivity index is 0.00000312. The number of benzene rings is 1. The molecule has 0 bridgehead atoms. The average Bonchev–Trinajstić information content (AvgIpc) is 2.60. The highest BCUT2D eigenvalue weighted by Crippen LogP contribution is 2.26. The third kappa shape index (κ3) is 4.69. The van der Waals surface area contributed by atoms with Crippen molar-refractivity contribution in [1.82, 2.24) is 9.21 Å². The molecule has 2 N–H and O–H groups in total. The molecule has 1 atom stereocenters. The highest BCUT2D eigenvalue weighted by Gasteiger charge is 2.34. The predicted octanol–water partition coefficient (Wildman–Crippen LogP) is 1.45. The first-order valence-corrected chi connectivity index (χ1v) is 9.44. The van der Waals surface area contributed by atoms with Crippen molar-refractivity contribution >= 4 is 28.3 Å². The number of rotatable bonds is 5. The van der Waals surface area contributed by atoms with Gasteiger partial charge in [-0.1, -0.05) is 12.1 Å². The van der Waals surface area contributed by atoms with E-state index in [-0.39, 0.29) is 48.3 Å². The molecule has 1 aliphatic rings. The second kappa shape index (κ2) is 8.93. The Labute approximate surface area is 154 Å². The van der Waals surface area contributed by atoms with E-state index < -0.39 is 15.8 Å². The third-order valence-corrected chi connectivity index (χ3v) is 6.54. The van der Waals surface area contributed by atoms with Gasteiger partial charge in [0.05, 0.1) is 0 Å². The number of likely N-dealkylation sites (N-methyl/N-ethyl adjacent to an activating group) is 1. The molecular weight excluding hydrogens is 369 g/mol. The molecule has 0 aromatic heterocycles. The Bertz CT molecular complexity index is 694. The minimum atomic E-state index is -3.87. The molecule has 9 heteroatoms. The molecule has 0 aliphatic carbocycles. The Morgan fingerprint density at radius 3 is 2.44 bits per heavy atom. The molecule has 1 amide bonds. The lowest BCUT2D eigenvalue weighted by molar-refractivity contribution is -0.137. The number of amides is 1. The number of carbonyl (C=O) groups excluding carboxylic acids is 1. The van der Waals surface area contributed by atoms with Gasteiger partial charge in [-0.2, -0.15) is 4.31 Å². The number of nitrogens with two attached hydrogens (primary N) is 1. The summed E-state index contributed by atoms with van der Waals surface area (Å²) in [6, 6.07) is 5.28. The zero-order chi connectivity index (χ0) is 17.9. The van der Waals surface area contributed by atoms with Crippen molar-refractivity contribution in [2.24, 2.45) is 11.7 Å². The van der Waals surface area contributed by atoms with E-state index in [1.807, 2.05) is 6.92 Å². The van der Waals surface area contributed by atoms with Crippen molar-refractivity contribution in [2.45, 2.75) is 30.7 Å². The fourth-order valence-corrected chi connectivity index (χ4v) is 4.33. The van der Waals surface area contributed by atoms with E-state index in [1.165, 1.54) is 22.5 Å². The van der Waals surface area contributed by atoms with Crippen LogP contribution in [0.25, 0.3) is 0 Å². The quantitative estimate of drug-likeness (QED) is 0.820. The Kier molecular flexibility index (Phi) is 7.80. The van der Waals surface area contributed by atoms with E-state index in [0.717, 1.165) is 6.07 Å². The summed E-state index contributed by atoms with van der Waals surface area (Å²) in [7, 11) is -2.16. The third-order valence-electron chi connectivity index (χ3n) is 4.61. The smallest absolute Gasteiger partial charge is 0.245 e. The first-order chi connectivity index (χ1) is 11.3. The van der Waals surface area contributed by atoms with Crippen LogP contribution in [0.1, 0.15) is 19.8 Å². The highest BCUT2D eigenvalue weighted by atomic mass is 35.5. The fourth-order valence-electron chi connectivity index (χ4n) is 2.80. The van der Waals surface area contributed by atoms with Gasteiger partial charge in [0.15, 0.2) is 0 Å². The van der Waals surface area contributed by atoms with E-state index in [9.17, 15) is 17.6 Å². The van der Waals surface area contributed by atoms with E-state index in [4.69, 9.17) is 5.73 Å². The van der Waals surface area contributed by atoms with Gasteiger partial charge in [0, 0.05) is 38.6 Å². The number of halogens is 2. The van der Waals surface area contributed by atoms with Crippen LogP contribution in [0.3, 0.4) is 0 Å². The number of nitrogens with zero attached hydrogens (tertiary/aromatic N) is 2. The van der Waals surface area contributed by atoms with Crippen LogP contribution in [-0.4, -0.2) is 56.3 Å². The number of piperidine rings is 1. The predicted molar refractivity (Wildman–Crippen MR) is 96.4 cm³/mol. The summed E-state index contributed by atoms with van der Waals surface area (Å²) in [5, 5.41) is 0.